The number of carbonyl (C=O) groups is 1. The van der Waals surface area contributed by atoms with Gasteiger partial charge in [-0.2, -0.15) is 0 Å². The highest BCUT2D eigenvalue weighted by Gasteiger charge is 2.27. The molecule has 6 nitrogen and oxygen atoms in total. The first kappa shape index (κ1) is 12.5. The molecule has 0 rings (SSSR count). The summed E-state index contributed by atoms with van der Waals surface area (Å²) in [6.07, 6.45) is 0. The highest BCUT2D eigenvalue weighted by atomic mass is 31.2. The molecule has 13 heavy (non-hydrogen) atoms. The summed E-state index contributed by atoms with van der Waals surface area (Å²) < 4.78 is 22.3. The minimum absolute atomic E-state index is 0.918. The minimum atomic E-state index is -4.37. The second-order valence-electron chi connectivity index (χ2n) is 2.53. The molecule has 0 aromatic heterocycles. The molecule has 0 aliphatic rings. The lowest BCUT2D eigenvalue weighted by atomic mass is 10.3. The molecule has 8 heteroatoms. The van der Waals surface area contributed by atoms with Crippen molar-refractivity contribution < 1.29 is 23.5 Å². The molecule has 0 saturated carbocycles. The number of hydrogen-bond donors (Lipinski definition) is 4. The van der Waals surface area contributed by atoms with Crippen LogP contribution in [0.25, 0.3) is 0 Å². The van der Waals surface area contributed by atoms with E-state index in [0.29, 0.717) is 0 Å². The van der Waals surface area contributed by atoms with Gasteiger partial charge in [0.15, 0.2) is 0 Å². The highest BCUT2D eigenvalue weighted by molar-refractivity contribution is 7.52. The van der Waals surface area contributed by atoms with Crippen molar-refractivity contribution in [2.24, 2.45) is 5.73 Å². The zero-order valence-electron chi connectivity index (χ0n) is 6.98. The van der Waals surface area contributed by atoms with E-state index >= 15 is 0 Å². The Bertz CT molecular complexity index is 231. The Labute approximate surface area is 74.5 Å². The average Bonchev–Trinajstić information content (AvgIpc) is 2.01. The lowest BCUT2D eigenvalue weighted by molar-refractivity contribution is -0.122. The van der Waals surface area contributed by atoms with Crippen LogP contribution >= 0.6 is 7.60 Å². The monoisotopic (exact) mass is 214 g/mol. The van der Waals surface area contributed by atoms with Crippen molar-refractivity contribution in [1.29, 1.82) is 0 Å². The van der Waals surface area contributed by atoms with Gasteiger partial charge in [-0.1, -0.05) is 0 Å². The van der Waals surface area contributed by atoms with Crippen LogP contribution in [0, 0.1) is 0 Å². The van der Waals surface area contributed by atoms with Crippen molar-refractivity contribution in [3.63, 3.8) is 0 Å². The maximum atomic E-state index is 11.8. The average molecular weight is 214 g/mol. The molecule has 5 N–H and O–H groups in total. The number of amides is 1. The van der Waals surface area contributed by atoms with E-state index in [0.717, 1.165) is 6.92 Å². The van der Waals surface area contributed by atoms with E-state index in [1.54, 1.807) is 0 Å². The summed E-state index contributed by atoms with van der Waals surface area (Å²) in [5.74, 6) is -2.27. The normalized spacial score (nSPS) is 16.4. The molecular formula is C5H12FN2O4P. The third-order valence-electron chi connectivity index (χ3n) is 1.36. The molecule has 0 aromatic carbocycles. The van der Waals surface area contributed by atoms with Crippen molar-refractivity contribution in [3.05, 3.63) is 0 Å². The first-order valence-electron chi connectivity index (χ1n) is 3.46. The Morgan fingerprint density at radius 1 is 1.69 bits per heavy atom. The smallest absolute Gasteiger partial charge is 0.341 e. The molecule has 0 saturated heterocycles. The third-order valence-corrected chi connectivity index (χ3v) is 2.50. The van der Waals surface area contributed by atoms with Gasteiger partial charge in [-0.3, -0.25) is 9.36 Å². The van der Waals surface area contributed by atoms with E-state index in [2.05, 4.69) is 0 Å². The maximum absolute atomic E-state index is 11.8. The zero-order chi connectivity index (χ0) is 10.6. The minimum Gasteiger partial charge on any atom is -0.341 e. The number of rotatable bonds is 4. The van der Waals surface area contributed by atoms with Crippen molar-refractivity contribution in [2.75, 3.05) is 6.67 Å². The van der Waals surface area contributed by atoms with Crippen molar-refractivity contribution in [1.82, 2.24) is 5.32 Å². The molecule has 0 aliphatic carbocycles. The van der Waals surface area contributed by atoms with Crippen molar-refractivity contribution >= 4 is 13.5 Å². The lowest BCUT2D eigenvalue weighted by Gasteiger charge is -2.16. The number of hydrogen-bond acceptors (Lipinski definition) is 3. The SMILES string of the molecule is C[C@H](NC(=O)[C@@H](N)CF)P(=O)(O)O. The van der Waals surface area contributed by atoms with Crippen LogP contribution in [0.4, 0.5) is 4.39 Å². The van der Waals surface area contributed by atoms with Crippen LogP contribution in [0.2, 0.25) is 0 Å². The summed E-state index contributed by atoms with van der Waals surface area (Å²) in [6, 6.07) is -1.38. The third kappa shape index (κ3) is 4.33. The number of nitrogens with two attached hydrogens (primary N) is 1. The van der Waals surface area contributed by atoms with Gasteiger partial charge in [0, 0.05) is 0 Å². The van der Waals surface area contributed by atoms with Gasteiger partial charge in [-0.25, -0.2) is 4.39 Å². The second kappa shape index (κ2) is 4.66. The largest absolute Gasteiger partial charge is 0.347 e. The van der Waals surface area contributed by atoms with Crippen molar-refractivity contribution in [2.45, 2.75) is 18.7 Å². The summed E-state index contributed by atoms with van der Waals surface area (Å²) in [6.45, 7) is 0.0450. The van der Waals surface area contributed by atoms with E-state index < -0.39 is 32.0 Å². The quantitative estimate of drug-likeness (QED) is 0.445. The first-order valence-corrected chi connectivity index (χ1v) is 5.14. The van der Waals surface area contributed by atoms with Crippen LogP contribution in [0.5, 0.6) is 0 Å². The Kier molecular flexibility index (Phi) is 4.49. The van der Waals surface area contributed by atoms with Gasteiger partial charge in [0.05, 0.1) is 0 Å². The molecule has 0 fully saturated rings. The fraction of sp³-hybridized carbons (Fsp3) is 0.800. The molecule has 1 amide bonds. The fourth-order valence-corrected chi connectivity index (χ4v) is 0.762. The molecule has 0 bridgehead atoms. The van der Waals surface area contributed by atoms with Gasteiger partial charge < -0.3 is 20.8 Å². The Hall–Kier alpha value is -0.490. The highest BCUT2D eigenvalue weighted by Crippen LogP contribution is 2.38. The van der Waals surface area contributed by atoms with E-state index in [1.807, 2.05) is 5.32 Å². The topological polar surface area (TPSA) is 113 Å². The standard InChI is InChI=1S/C5H12FN2O4P/c1-3(13(10,11)12)8-5(9)4(7)2-6/h3-4H,2,7H2,1H3,(H,8,9)(H2,10,11,12)/t3-,4+/m1/s1. The number of alkyl halides is 1. The molecular weight excluding hydrogens is 202 g/mol. The van der Waals surface area contributed by atoms with Gasteiger partial charge in [-0.15, -0.1) is 0 Å². The summed E-state index contributed by atoms with van der Waals surface area (Å²) in [5, 5.41) is 1.90. The summed E-state index contributed by atoms with van der Waals surface area (Å²) in [4.78, 5) is 27.9. The molecule has 78 valence electrons. The van der Waals surface area contributed by atoms with Gasteiger partial charge in [0.2, 0.25) is 5.91 Å². The molecule has 2 atom stereocenters. The lowest BCUT2D eigenvalue weighted by Crippen LogP contribution is -2.45. The fourth-order valence-electron chi connectivity index (χ4n) is 0.467. The van der Waals surface area contributed by atoms with E-state index in [-0.39, 0.29) is 0 Å². The van der Waals surface area contributed by atoms with Crippen LogP contribution in [0.3, 0.4) is 0 Å². The summed E-state index contributed by atoms with van der Waals surface area (Å²) >= 11 is 0. The van der Waals surface area contributed by atoms with Gasteiger partial charge >= 0.3 is 7.60 Å². The van der Waals surface area contributed by atoms with Crippen LogP contribution in [-0.2, 0) is 9.36 Å². The maximum Gasteiger partial charge on any atom is 0.347 e. The van der Waals surface area contributed by atoms with Crippen LogP contribution in [0.15, 0.2) is 0 Å². The van der Waals surface area contributed by atoms with Gasteiger partial charge in [0.1, 0.15) is 18.5 Å². The summed E-state index contributed by atoms with van der Waals surface area (Å²) in [5.41, 5.74) is 4.97. The predicted octanol–water partition coefficient (Wildman–Crippen LogP) is -1.08. The molecule has 0 radical (unpaired) electrons. The summed E-state index contributed by atoms with van der Waals surface area (Å²) in [7, 11) is -4.37. The number of nitrogens with one attached hydrogen (secondary N) is 1. The molecule has 0 unspecified atom stereocenters. The van der Waals surface area contributed by atoms with Crippen LogP contribution < -0.4 is 11.1 Å². The van der Waals surface area contributed by atoms with Crippen molar-refractivity contribution in [3.8, 4) is 0 Å². The number of carbonyl (C=O) groups excluding carboxylic acids is 1. The molecule has 0 spiro atoms. The predicted molar refractivity (Wildman–Crippen MR) is 43.6 cm³/mol. The van der Waals surface area contributed by atoms with Crippen LogP contribution in [0.1, 0.15) is 6.92 Å². The zero-order valence-corrected chi connectivity index (χ0v) is 7.87. The molecule has 0 heterocycles. The van der Waals surface area contributed by atoms with Gasteiger partial charge in [-0.05, 0) is 6.92 Å². The molecule has 0 aromatic rings. The van der Waals surface area contributed by atoms with E-state index in [9.17, 15) is 13.8 Å². The second-order valence-corrected chi connectivity index (χ2v) is 4.49. The first-order chi connectivity index (χ1) is 5.79. The van der Waals surface area contributed by atoms with Gasteiger partial charge in [0.25, 0.3) is 0 Å². The van der Waals surface area contributed by atoms with E-state index in [1.165, 1.54) is 0 Å². The van der Waals surface area contributed by atoms with E-state index in [4.69, 9.17) is 15.5 Å². The Morgan fingerprint density at radius 3 is 2.46 bits per heavy atom. The van der Waals surface area contributed by atoms with Crippen LogP contribution in [-0.4, -0.2) is 34.2 Å². The Balaban J connectivity index is 4.15. The molecule has 0 aliphatic heterocycles. The Morgan fingerprint density at radius 2 is 2.15 bits per heavy atom. The number of halogens is 1.